The Morgan fingerprint density at radius 1 is 0.966 bits per heavy atom. The lowest BCUT2D eigenvalue weighted by atomic mass is 9.78. The molecule has 0 saturated heterocycles. The van der Waals surface area contributed by atoms with Gasteiger partial charge in [0.05, 0.1) is 11.4 Å². The molecule has 1 saturated carbocycles. The molecule has 2 aliphatic carbocycles. The summed E-state index contributed by atoms with van der Waals surface area (Å²) in [4.78, 5) is 0. The summed E-state index contributed by atoms with van der Waals surface area (Å²) < 4.78 is 1.21. The second-order valence-electron chi connectivity index (χ2n) is 9.65. The molecule has 1 aliphatic heterocycles. The second-order valence-corrected chi connectivity index (χ2v) is 10.6. The van der Waals surface area contributed by atoms with E-state index in [2.05, 4.69) is 82.1 Å². The average molecular weight is 454 g/mol. The van der Waals surface area contributed by atoms with Crippen LogP contribution in [0.25, 0.3) is 0 Å². The summed E-state index contributed by atoms with van der Waals surface area (Å²) in [6.45, 7) is 5.66. The van der Waals surface area contributed by atoms with E-state index in [1.807, 2.05) is 0 Å². The van der Waals surface area contributed by atoms with Crippen LogP contribution in [0.5, 0.6) is 0 Å². The summed E-state index contributed by atoms with van der Waals surface area (Å²) in [5.74, 6) is 1.42. The molecule has 2 atom stereocenters. The van der Waals surface area contributed by atoms with Gasteiger partial charge in [-0.1, -0.05) is 28.1 Å². The Morgan fingerprint density at radius 2 is 1.72 bits per heavy atom. The van der Waals surface area contributed by atoms with Gasteiger partial charge in [-0.3, -0.25) is 0 Å². The molecule has 0 amide bonds. The Bertz CT molecular complexity index is 903. The maximum Gasteiger partial charge on any atom is 0.108 e. The fourth-order valence-electron chi connectivity index (χ4n) is 5.70. The summed E-state index contributed by atoms with van der Waals surface area (Å²) >= 11 is 3.61. The molecule has 1 fully saturated rings. The molecule has 3 aliphatic rings. The van der Waals surface area contributed by atoms with Gasteiger partial charge in [-0.2, -0.15) is 0 Å². The summed E-state index contributed by atoms with van der Waals surface area (Å²) in [6, 6.07) is 14.1. The van der Waals surface area contributed by atoms with Crippen LogP contribution in [-0.2, 0) is 12.8 Å². The van der Waals surface area contributed by atoms with Crippen molar-refractivity contribution in [2.75, 3.05) is 17.2 Å². The predicted octanol–water partition coefficient (Wildman–Crippen LogP) is 5.87. The van der Waals surface area contributed by atoms with Crippen LogP contribution in [0.1, 0.15) is 49.3 Å². The van der Waals surface area contributed by atoms with Crippen LogP contribution in [0.4, 0.5) is 11.4 Å². The Hall–Kier alpha value is -1.52. The van der Waals surface area contributed by atoms with Gasteiger partial charge >= 0.3 is 0 Å². The molecule has 5 rings (SSSR count). The first kappa shape index (κ1) is 19.4. The number of rotatable bonds is 4. The van der Waals surface area contributed by atoms with Crippen molar-refractivity contribution in [3.63, 3.8) is 0 Å². The zero-order chi connectivity index (χ0) is 20.0. The number of nitrogens with one attached hydrogen (secondary N) is 3. The van der Waals surface area contributed by atoms with Crippen molar-refractivity contribution in [1.29, 1.82) is 0 Å². The molecule has 1 heterocycles. The van der Waals surface area contributed by atoms with Crippen LogP contribution in [0, 0.1) is 18.8 Å². The van der Waals surface area contributed by atoms with Crippen molar-refractivity contribution in [1.82, 2.24) is 5.32 Å². The molecule has 2 aromatic carbocycles. The minimum absolute atomic E-state index is 0.0123. The van der Waals surface area contributed by atoms with Gasteiger partial charge in [0.1, 0.15) is 5.66 Å². The van der Waals surface area contributed by atoms with Gasteiger partial charge < -0.3 is 16.0 Å². The molecule has 29 heavy (non-hydrogen) atoms. The Morgan fingerprint density at radius 3 is 2.55 bits per heavy atom. The van der Waals surface area contributed by atoms with Crippen LogP contribution >= 0.6 is 15.9 Å². The van der Waals surface area contributed by atoms with Crippen LogP contribution in [-0.4, -0.2) is 18.2 Å². The lowest BCUT2D eigenvalue weighted by Crippen LogP contribution is -2.49. The van der Waals surface area contributed by atoms with Gasteiger partial charge in [0, 0.05) is 16.4 Å². The zero-order valence-corrected chi connectivity index (χ0v) is 19.1. The third-order valence-corrected chi connectivity index (χ3v) is 7.88. The highest BCUT2D eigenvalue weighted by Gasteiger charge is 2.40. The predicted molar refractivity (Wildman–Crippen MR) is 126 cm³/mol. The fourth-order valence-corrected chi connectivity index (χ4v) is 6.10. The van der Waals surface area contributed by atoms with Gasteiger partial charge in [-0.15, -0.1) is 0 Å². The van der Waals surface area contributed by atoms with Crippen molar-refractivity contribution >= 4 is 27.3 Å². The smallest absolute Gasteiger partial charge is 0.108 e. The standard InChI is InChI=1S/C25H32BrN3/c1-16-3-10-23-24(11-16)29-25(2,28-23)20-5-8-22(9-6-20)27-15-17-12-18-4-7-21(26)14-19(18)13-17/h3-4,7,10-11,14,17,20,22,27-29H,5-6,8-9,12-13,15H2,1-2H3. The highest BCUT2D eigenvalue weighted by atomic mass is 79.9. The van der Waals surface area contributed by atoms with E-state index < -0.39 is 0 Å². The second kappa shape index (κ2) is 7.63. The van der Waals surface area contributed by atoms with Gasteiger partial charge in [0.2, 0.25) is 0 Å². The number of benzene rings is 2. The molecule has 0 aromatic heterocycles. The number of fused-ring (bicyclic) bond motifs is 2. The summed E-state index contributed by atoms with van der Waals surface area (Å²) in [5, 5.41) is 11.5. The third-order valence-electron chi connectivity index (χ3n) is 7.39. The van der Waals surface area contributed by atoms with E-state index in [0.717, 1.165) is 12.5 Å². The fraction of sp³-hybridized carbons (Fsp3) is 0.520. The maximum atomic E-state index is 3.91. The topological polar surface area (TPSA) is 36.1 Å². The quantitative estimate of drug-likeness (QED) is 0.541. The highest BCUT2D eigenvalue weighted by molar-refractivity contribution is 9.10. The minimum Gasteiger partial charge on any atom is -0.361 e. The van der Waals surface area contributed by atoms with Crippen LogP contribution in [0.2, 0.25) is 0 Å². The largest absolute Gasteiger partial charge is 0.361 e. The molecule has 4 heteroatoms. The molecule has 2 aromatic rings. The lowest BCUT2D eigenvalue weighted by Gasteiger charge is -2.40. The van der Waals surface area contributed by atoms with Crippen LogP contribution in [0.15, 0.2) is 40.9 Å². The molecule has 3 nitrogen and oxygen atoms in total. The van der Waals surface area contributed by atoms with E-state index in [1.54, 1.807) is 5.56 Å². The normalized spacial score (nSPS) is 30.4. The summed E-state index contributed by atoms with van der Waals surface area (Å²) in [6.07, 6.45) is 7.57. The number of halogens is 1. The molecule has 0 bridgehead atoms. The zero-order valence-electron chi connectivity index (χ0n) is 17.5. The van der Waals surface area contributed by atoms with Crippen molar-refractivity contribution in [2.24, 2.45) is 11.8 Å². The summed E-state index contributed by atoms with van der Waals surface area (Å²) in [5.41, 5.74) is 6.91. The molecular weight excluding hydrogens is 422 g/mol. The molecule has 0 spiro atoms. The molecule has 154 valence electrons. The Labute approximate surface area is 183 Å². The Balaban J connectivity index is 1.11. The van der Waals surface area contributed by atoms with E-state index in [9.17, 15) is 0 Å². The molecule has 0 radical (unpaired) electrons. The van der Waals surface area contributed by atoms with Crippen LogP contribution < -0.4 is 16.0 Å². The maximum absolute atomic E-state index is 3.91. The third kappa shape index (κ3) is 3.94. The lowest BCUT2D eigenvalue weighted by molar-refractivity contribution is 0.228. The van der Waals surface area contributed by atoms with E-state index in [0.29, 0.717) is 12.0 Å². The highest BCUT2D eigenvalue weighted by Crippen LogP contribution is 2.42. The van der Waals surface area contributed by atoms with Crippen molar-refractivity contribution in [2.45, 2.75) is 64.1 Å². The SMILES string of the molecule is Cc1ccc2c(c1)NC(C)(C1CCC(NCC3Cc4ccc(Br)cc4C3)CC1)N2. The first-order valence-corrected chi connectivity index (χ1v) is 12.0. The van der Waals surface area contributed by atoms with Gasteiger partial charge in [-0.25, -0.2) is 0 Å². The van der Waals surface area contributed by atoms with Gasteiger partial charge in [0.15, 0.2) is 0 Å². The monoisotopic (exact) mass is 453 g/mol. The van der Waals surface area contributed by atoms with Crippen LogP contribution in [0.3, 0.4) is 0 Å². The number of anilines is 2. The van der Waals surface area contributed by atoms with E-state index in [1.165, 1.54) is 65.5 Å². The molecular formula is C25H32BrN3. The summed E-state index contributed by atoms with van der Waals surface area (Å²) in [7, 11) is 0. The number of aryl methyl sites for hydroxylation is 1. The first-order valence-electron chi connectivity index (χ1n) is 11.2. The first-order chi connectivity index (χ1) is 14.0. The van der Waals surface area contributed by atoms with E-state index in [-0.39, 0.29) is 5.66 Å². The minimum atomic E-state index is -0.0123. The number of hydrogen-bond donors (Lipinski definition) is 3. The Kier molecular flexibility index (Phi) is 5.11. The van der Waals surface area contributed by atoms with Crippen molar-refractivity contribution in [3.8, 4) is 0 Å². The van der Waals surface area contributed by atoms with Crippen molar-refractivity contribution < 1.29 is 0 Å². The van der Waals surface area contributed by atoms with Crippen molar-refractivity contribution in [3.05, 3.63) is 57.6 Å². The van der Waals surface area contributed by atoms with E-state index in [4.69, 9.17) is 0 Å². The molecule has 3 N–H and O–H groups in total. The van der Waals surface area contributed by atoms with E-state index >= 15 is 0 Å². The van der Waals surface area contributed by atoms with Gasteiger partial charge in [-0.05, 0) is 106 Å². The van der Waals surface area contributed by atoms with Gasteiger partial charge in [0.25, 0.3) is 0 Å². The molecule has 2 unspecified atom stereocenters. The number of hydrogen-bond acceptors (Lipinski definition) is 3. The average Bonchev–Trinajstić information content (AvgIpc) is 3.26.